The minimum atomic E-state index is -0.256. The molecule has 1 aromatic heterocycles. The van der Waals surface area contributed by atoms with Crippen LogP contribution in [0.15, 0.2) is 91.0 Å². The first-order chi connectivity index (χ1) is 23.5. The van der Waals surface area contributed by atoms with Crippen LogP contribution in [0.25, 0.3) is 20.5 Å². The summed E-state index contributed by atoms with van der Waals surface area (Å²) in [6.45, 7) is 5.04. The first-order valence-electron chi connectivity index (χ1n) is 16.0. The van der Waals surface area contributed by atoms with Gasteiger partial charge in [0.15, 0.2) is 5.78 Å². The van der Waals surface area contributed by atoms with Crippen LogP contribution in [-0.4, -0.2) is 70.3 Å². The van der Waals surface area contributed by atoms with Crippen molar-refractivity contribution in [2.75, 3.05) is 53.6 Å². The number of ether oxygens (including phenoxy) is 4. The fourth-order valence-electron chi connectivity index (χ4n) is 5.62. The summed E-state index contributed by atoms with van der Waals surface area (Å²) in [5.74, 6) is 2.02. The molecule has 0 saturated carbocycles. The van der Waals surface area contributed by atoms with Crippen molar-refractivity contribution in [2.45, 2.75) is 13.2 Å². The second-order valence-electron chi connectivity index (χ2n) is 11.4. The van der Waals surface area contributed by atoms with E-state index in [2.05, 4.69) is 15.5 Å². The van der Waals surface area contributed by atoms with Crippen LogP contribution < -0.4 is 24.8 Å². The number of methoxy groups -OCH3 is 1. The van der Waals surface area contributed by atoms with E-state index in [1.165, 1.54) is 0 Å². The van der Waals surface area contributed by atoms with Gasteiger partial charge in [0.25, 0.3) is 0 Å². The number of hydrogen-bond donors (Lipinski definition) is 2. The minimum Gasteiger partial charge on any atom is -0.496 e. The summed E-state index contributed by atoms with van der Waals surface area (Å²) in [6, 6.07) is 29.1. The minimum absolute atomic E-state index is 0.0778. The Bertz CT molecular complexity index is 1850. The Balaban J connectivity index is 1.30. The van der Waals surface area contributed by atoms with E-state index in [4.69, 9.17) is 18.9 Å². The van der Waals surface area contributed by atoms with Gasteiger partial charge in [0.05, 0.1) is 26.9 Å². The van der Waals surface area contributed by atoms with E-state index in [9.17, 15) is 9.59 Å². The van der Waals surface area contributed by atoms with E-state index >= 15 is 0 Å². The predicted molar refractivity (Wildman–Crippen MR) is 189 cm³/mol. The van der Waals surface area contributed by atoms with Gasteiger partial charge in [-0.15, -0.1) is 11.3 Å². The number of nitrogens with zero attached hydrogens (tertiary/aromatic N) is 1. The van der Waals surface area contributed by atoms with Gasteiger partial charge in [0.2, 0.25) is 0 Å². The highest BCUT2D eigenvalue weighted by Gasteiger charge is 2.24. The van der Waals surface area contributed by atoms with E-state index in [1.54, 1.807) is 25.5 Å². The Morgan fingerprint density at radius 1 is 0.896 bits per heavy atom. The number of ketones is 1. The molecule has 10 heteroatoms. The summed E-state index contributed by atoms with van der Waals surface area (Å²) in [5.41, 5.74) is 4.21. The van der Waals surface area contributed by atoms with Gasteiger partial charge in [-0.25, -0.2) is 4.79 Å². The van der Waals surface area contributed by atoms with Gasteiger partial charge in [0.1, 0.15) is 30.5 Å². The average molecular weight is 666 g/mol. The number of carbonyl (C=O) groups excluding carboxylic acids is 2. The van der Waals surface area contributed by atoms with Crippen LogP contribution in [0.1, 0.15) is 27.0 Å². The molecule has 6 rings (SSSR count). The molecule has 1 aliphatic rings. The van der Waals surface area contributed by atoms with Gasteiger partial charge >= 0.3 is 6.03 Å². The Morgan fingerprint density at radius 3 is 2.42 bits per heavy atom. The highest BCUT2D eigenvalue weighted by atomic mass is 32.1. The second-order valence-corrected chi connectivity index (χ2v) is 12.4. The van der Waals surface area contributed by atoms with E-state index in [0.29, 0.717) is 55.6 Å². The zero-order valence-corrected chi connectivity index (χ0v) is 27.9. The van der Waals surface area contributed by atoms with Gasteiger partial charge in [-0.05, 0) is 59.7 Å². The van der Waals surface area contributed by atoms with Crippen molar-refractivity contribution < 1.29 is 28.5 Å². The van der Waals surface area contributed by atoms with Crippen molar-refractivity contribution in [1.29, 1.82) is 0 Å². The fraction of sp³-hybridized carbons (Fsp3) is 0.263. The number of thiophene rings is 1. The summed E-state index contributed by atoms with van der Waals surface area (Å²) in [4.78, 5) is 29.0. The number of nitrogens with one attached hydrogen (secondary N) is 2. The van der Waals surface area contributed by atoms with Crippen LogP contribution in [0.4, 0.5) is 4.79 Å². The molecule has 1 fully saturated rings. The highest BCUT2D eigenvalue weighted by Crippen LogP contribution is 2.42. The first-order valence-corrected chi connectivity index (χ1v) is 16.8. The van der Waals surface area contributed by atoms with Crippen molar-refractivity contribution in [3.8, 4) is 27.7 Å². The largest absolute Gasteiger partial charge is 0.496 e. The summed E-state index contributed by atoms with van der Waals surface area (Å²) in [5, 5.41) is 6.09. The Kier molecular flexibility index (Phi) is 10.9. The number of hydrogen-bond acceptors (Lipinski definition) is 8. The summed E-state index contributed by atoms with van der Waals surface area (Å²) >= 11 is 1.56. The quantitative estimate of drug-likeness (QED) is 0.109. The molecule has 0 unspecified atom stereocenters. The molecule has 9 nitrogen and oxygen atoms in total. The lowest BCUT2D eigenvalue weighted by Gasteiger charge is -2.27. The summed E-state index contributed by atoms with van der Waals surface area (Å²) in [7, 11) is 3.21. The topological polar surface area (TPSA) is 98.4 Å². The molecule has 248 valence electrons. The maximum Gasteiger partial charge on any atom is 0.314 e. The number of rotatable bonds is 13. The number of benzene rings is 4. The van der Waals surface area contributed by atoms with Crippen molar-refractivity contribution in [3.05, 3.63) is 113 Å². The lowest BCUT2D eigenvalue weighted by atomic mass is 9.96. The third-order valence-electron chi connectivity index (χ3n) is 8.18. The summed E-state index contributed by atoms with van der Waals surface area (Å²) < 4.78 is 24.2. The molecule has 0 spiro atoms. The first kappa shape index (κ1) is 33.0. The predicted octanol–water partition coefficient (Wildman–Crippen LogP) is 6.53. The molecule has 4 aromatic carbocycles. The smallest absolute Gasteiger partial charge is 0.314 e. The van der Waals surface area contributed by atoms with Gasteiger partial charge in [0, 0.05) is 58.3 Å². The molecule has 5 aromatic rings. The Labute approximate surface area is 284 Å². The number of fused-ring (bicyclic) bond motifs is 1. The standard InChI is InChI=1S/C38H39N3O6S/c1-39-38(43)40-16-19-46-30-12-10-27(11-13-30)37-35(32-15-14-31(23-34(32)48-37)47-25-26-6-4-3-5-7-26)36(42)28-8-9-29(33(22-28)44-2)24-41-17-20-45-21-18-41/h3-15,22-23H,16-21,24-25H2,1-2H3,(H2,39,40,43). The molecule has 0 bridgehead atoms. The third-order valence-corrected chi connectivity index (χ3v) is 9.39. The Morgan fingerprint density at radius 2 is 1.67 bits per heavy atom. The molecule has 1 saturated heterocycles. The zero-order chi connectivity index (χ0) is 33.3. The van der Waals surface area contributed by atoms with Crippen molar-refractivity contribution in [1.82, 2.24) is 15.5 Å². The van der Waals surface area contributed by atoms with Crippen LogP contribution in [0.5, 0.6) is 17.2 Å². The summed E-state index contributed by atoms with van der Waals surface area (Å²) in [6.07, 6.45) is 0. The number of morpholine rings is 1. The fourth-order valence-corrected chi connectivity index (χ4v) is 6.86. The monoisotopic (exact) mass is 665 g/mol. The SMILES string of the molecule is CNC(=O)NCCOc1ccc(-c2sc3cc(OCc4ccccc4)ccc3c2C(=O)c2ccc(CN3CCOCC3)c(OC)c2)cc1. The maximum atomic E-state index is 14.4. The van der Waals surface area contributed by atoms with Crippen LogP contribution in [0, 0.1) is 0 Å². The number of amides is 2. The molecule has 0 radical (unpaired) electrons. The van der Waals surface area contributed by atoms with Crippen molar-refractivity contribution >= 4 is 33.2 Å². The highest BCUT2D eigenvalue weighted by molar-refractivity contribution is 7.22. The number of carbonyl (C=O) groups is 2. The zero-order valence-electron chi connectivity index (χ0n) is 27.1. The lowest BCUT2D eigenvalue weighted by molar-refractivity contribution is 0.0339. The molecular formula is C38H39N3O6S. The molecular weight excluding hydrogens is 627 g/mol. The molecule has 2 heterocycles. The van der Waals surface area contributed by atoms with E-state index in [1.807, 2.05) is 91.0 Å². The normalized spacial score (nSPS) is 13.2. The molecule has 2 N–H and O–H groups in total. The van der Waals surface area contributed by atoms with Gasteiger partial charge in [-0.2, -0.15) is 0 Å². The van der Waals surface area contributed by atoms with Crippen molar-refractivity contribution in [3.63, 3.8) is 0 Å². The van der Waals surface area contributed by atoms with Crippen LogP contribution in [0.2, 0.25) is 0 Å². The van der Waals surface area contributed by atoms with E-state index in [0.717, 1.165) is 57.0 Å². The maximum absolute atomic E-state index is 14.4. The van der Waals surface area contributed by atoms with E-state index < -0.39 is 0 Å². The van der Waals surface area contributed by atoms with Gasteiger partial charge in [-0.3, -0.25) is 9.69 Å². The molecule has 2 amide bonds. The third kappa shape index (κ3) is 7.96. The van der Waals surface area contributed by atoms with Gasteiger partial charge < -0.3 is 29.6 Å². The Hall–Kier alpha value is -4.90. The van der Waals surface area contributed by atoms with Crippen LogP contribution in [-0.2, 0) is 17.9 Å². The van der Waals surface area contributed by atoms with Gasteiger partial charge in [-0.1, -0.05) is 42.5 Å². The molecule has 0 atom stereocenters. The average Bonchev–Trinajstić information content (AvgIpc) is 3.52. The van der Waals surface area contributed by atoms with Crippen molar-refractivity contribution in [2.24, 2.45) is 0 Å². The van der Waals surface area contributed by atoms with Crippen LogP contribution >= 0.6 is 11.3 Å². The van der Waals surface area contributed by atoms with Crippen LogP contribution in [0.3, 0.4) is 0 Å². The van der Waals surface area contributed by atoms with E-state index in [-0.39, 0.29) is 11.8 Å². The molecule has 0 aliphatic carbocycles. The lowest BCUT2D eigenvalue weighted by Crippen LogP contribution is -2.35. The number of urea groups is 1. The molecule has 1 aliphatic heterocycles. The second kappa shape index (κ2) is 15.8. The molecule has 48 heavy (non-hydrogen) atoms.